The fourth-order valence-electron chi connectivity index (χ4n) is 1.60. The molecule has 1 aromatic rings. The summed E-state index contributed by atoms with van der Waals surface area (Å²) in [4.78, 5) is 26.0. The lowest BCUT2D eigenvalue weighted by atomic mass is 10.2. The van der Waals surface area contributed by atoms with Crippen LogP contribution in [0.4, 0.5) is 13.2 Å². The second kappa shape index (κ2) is 4.41. The molecule has 2 rings (SSSR count). The van der Waals surface area contributed by atoms with Crippen LogP contribution in [0, 0.1) is 0 Å². The Hall–Kier alpha value is -1.90. The van der Waals surface area contributed by atoms with E-state index in [0.29, 0.717) is 0 Å². The van der Waals surface area contributed by atoms with E-state index in [1.165, 1.54) is 4.57 Å². The maximum Gasteiger partial charge on any atom is 0.401 e. The average molecular weight is 262 g/mol. The number of amides is 1. The van der Waals surface area contributed by atoms with Crippen LogP contribution in [0.2, 0.25) is 0 Å². The summed E-state index contributed by atoms with van der Waals surface area (Å²) in [6.07, 6.45) is -4.07. The van der Waals surface area contributed by atoms with E-state index in [4.69, 9.17) is 0 Å². The van der Waals surface area contributed by atoms with Gasteiger partial charge in [0, 0.05) is 6.07 Å². The first-order valence-corrected chi connectivity index (χ1v) is 5.03. The van der Waals surface area contributed by atoms with E-state index in [1.54, 1.807) is 0 Å². The van der Waals surface area contributed by atoms with Crippen LogP contribution in [-0.2, 0) is 6.54 Å². The van der Waals surface area contributed by atoms with E-state index in [1.807, 2.05) is 0 Å². The number of halogens is 3. The number of rotatable bonds is 2. The van der Waals surface area contributed by atoms with Crippen molar-refractivity contribution in [2.24, 2.45) is 0 Å². The Morgan fingerprint density at radius 2 is 2.22 bits per heavy atom. The van der Waals surface area contributed by atoms with Crippen molar-refractivity contribution >= 4 is 5.91 Å². The van der Waals surface area contributed by atoms with Gasteiger partial charge in [-0.3, -0.25) is 14.9 Å². The van der Waals surface area contributed by atoms with Gasteiger partial charge in [0.25, 0.3) is 11.5 Å². The minimum absolute atomic E-state index is 0.0738. The van der Waals surface area contributed by atoms with E-state index in [-0.39, 0.29) is 12.2 Å². The summed E-state index contributed by atoms with van der Waals surface area (Å²) >= 11 is 0. The minimum Gasteiger partial charge on any atom is -0.334 e. The number of aromatic nitrogens is 2. The number of alkyl halides is 3. The molecule has 0 spiro atoms. The van der Waals surface area contributed by atoms with Gasteiger partial charge in [-0.15, -0.1) is 0 Å². The van der Waals surface area contributed by atoms with Gasteiger partial charge in [0.15, 0.2) is 0 Å². The third kappa shape index (κ3) is 2.86. The highest BCUT2D eigenvalue weighted by molar-refractivity contribution is 5.93. The Kier molecular flexibility index (Phi) is 3.07. The van der Waals surface area contributed by atoms with Gasteiger partial charge in [0.05, 0.1) is 25.6 Å². The lowest BCUT2D eigenvalue weighted by molar-refractivity contribution is -0.126. The Morgan fingerprint density at radius 3 is 2.89 bits per heavy atom. The summed E-state index contributed by atoms with van der Waals surface area (Å²) in [5, 5.41) is 4.50. The standard InChI is InChI=1S/C9H9F3N4O2/c10-9(11,12)3-13-6-2-16-4-14-7(17)1-5(16)8(18)15-6/h1,4,6,13H,2-3H2,(H,15,18). The summed E-state index contributed by atoms with van der Waals surface area (Å²) in [7, 11) is 0. The van der Waals surface area contributed by atoms with Crippen LogP contribution in [0.3, 0.4) is 0 Å². The number of carbonyl (C=O) groups excluding carboxylic acids is 1. The Morgan fingerprint density at radius 1 is 1.50 bits per heavy atom. The molecule has 1 amide bonds. The maximum absolute atomic E-state index is 12.0. The third-order valence-electron chi connectivity index (χ3n) is 2.36. The molecule has 98 valence electrons. The number of hydrogen-bond acceptors (Lipinski definition) is 4. The molecule has 1 aliphatic rings. The van der Waals surface area contributed by atoms with Gasteiger partial charge in [-0.25, -0.2) is 0 Å². The zero-order valence-electron chi connectivity index (χ0n) is 8.99. The molecule has 0 saturated heterocycles. The molecule has 0 saturated carbocycles. The molecule has 6 nitrogen and oxygen atoms in total. The van der Waals surface area contributed by atoms with Gasteiger partial charge in [-0.05, 0) is 0 Å². The number of carbonyl (C=O) groups is 1. The summed E-state index contributed by atoms with van der Waals surface area (Å²) in [5.74, 6) is -0.611. The molecule has 0 radical (unpaired) electrons. The zero-order valence-corrected chi connectivity index (χ0v) is 8.99. The fraction of sp³-hybridized carbons (Fsp3) is 0.444. The Labute approximate surface area is 98.8 Å². The van der Waals surface area contributed by atoms with Crippen molar-refractivity contribution in [2.75, 3.05) is 6.54 Å². The van der Waals surface area contributed by atoms with Crippen molar-refractivity contribution in [3.05, 3.63) is 28.4 Å². The van der Waals surface area contributed by atoms with E-state index < -0.39 is 30.4 Å². The van der Waals surface area contributed by atoms with Crippen LogP contribution in [-0.4, -0.2) is 34.3 Å². The van der Waals surface area contributed by atoms with Gasteiger partial charge >= 0.3 is 6.18 Å². The zero-order chi connectivity index (χ0) is 13.3. The van der Waals surface area contributed by atoms with Crippen LogP contribution < -0.4 is 16.2 Å². The Bertz CT molecular complexity index is 525. The van der Waals surface area contributed by atoms with Crippen LogP contribution in [0.15, 0.2) is 17.2 Å². The third-order valence-corrected chi connectivity index (χ3v) is 2.36. The molecule has 0 fully saturated rings. The smallest absolute Gasteiger partial charge is 0.334 e. The predicted molar refractivity (Wildman–Crippen MR) is 53.8 cm³/mol. The molecule has 9 heteroatoms. The topological polar surface area (TPSA) is 76.0 Å². The van der Waals surface area contributed by atoms with Crippen molar-refractivity contribution in [3.8, 4) is 0 Å². The summed E-state index contributed by atoms with van der Waals surface area (Å²) in [6, 6.07) is 1.04. The van der Waals surface area contributed by atoms with Crippen molar-refractivity contribution < 1.29 is 18.0 Å². The van der Waals surface area contributed by atoms with Gasteiger partial charge in [-0.1, -0.05) is 0 Å². The highest BCUT2D eigenvalue weighted by atomic mass is 19.4. The number of fused-ring (bicyclic) bond motifs is 1. The van der Waals surface area contributed by atoms with E-state index in [9.17, 15) is 22.8 Å². The molecule has 2 heterocycles. The van der Waals surface area contributed by atoms with Gasteiger partial charge < -0.3 is 9.88 Å². The lowest BCUT2D eigenvalue weighted by Crippen LogP contribution is -2.54. The fourth-order valence-corrected chi connectivity index (χ4v) is 1.60. The predicted octanol–water partition coefficient (Wildman–Crippen LogP) is -0.535. The van der Waals surface area contributed by atoms with E-state index >= 15 is 0 Å². The summed E-state index contributed by atoms with van der Waals surface area (Å²) < 4.78 is 37.4. The highest BCUT2D eigenvalue weighted by Crippen LogP contribution is 2.13. The van der Waals surface area contributed by atoms with E-state index in [2.05, 4.69) is 15.6 Å². The minimum atomic E-state index is -4.35. The number of nitrogens with zero attached hydrogens (tertiary/aromatic N) is 2. The van der Waals surface area contributed by atoms with E-state index in [0.717, 1.165) is 12.4 Å². The lowest BCUT2D eigenvalue weighted by Gasteiger charge is -2.28. The monoisotopic (exact) mass is 262 g/mol. The molecule has 0 bridgehead atoms. The molecule has 2 N–H and O–H groups in total. The molecular weight excluding hydrogens is 253 g/mol. The highest BCUT2D eigenvalue weighted by Gasteiger charge is 2.30. The van der Waals surface area contributed by atoms with Crippen LogP contribution >= 0.6 is 0 Å². The Balaban J connectivity index is 2.11. The second-order valence-electron chi connectivity index (χ2n) is 3.79. The maximum atomic E-state index is 12.0. The second-order valence-corrected chi connectivity index (χ2v) is 3.79. The molecule has 1 aliphatic heterocycles. The first-order valence-electron chi connectivity index (χ1n) is 5.03. The van der Waals surface area contributed by atoms with Gasteiger partial charge in [-0.2, -0.15) is 18.2 Å². The molecule has 1 unspecified atom stereocenters. The molecule has 1 aromatic heterocycles. The van der Waals surface area contributed by atoms with Crippen molar-refractivity contribution in [1.82, 2.24) is 20.2 Å². The number of nitrogens with one attached hydrogen (secondary N) is 2. The molecule has 1 atom stereocenters. The normalized spacial score (nSPS) is 19.3. The number of hydrogen-bond donors (Lipinski definition) is 2. The average Bonchev–Trinajstić information content (AvgIpc) is 2.26. The molecule has 0 aromatic carbocycles. The van der Waals surface area contributed by atoms with Gasteiger partial charge in [0.1, 0.15) is 5.69 Å². The van der Waals surface area contributed by atoms with Gasteiger partial charge in [0.2, 0.25) is 0 Å². The molecule has 0 aliphatic carbocycles. The van der Waals surface area contributed by atoms with Crippen molar-refractivity contribution in [2.45, 2.75) is 18.9 Å². The largest absolute Gasteiger partial charge is 0.401 e. The van der Waals surface area contributed by atoms with Crippen LogP contribution in [0.5, 0.6) is 0 Å². The van der Waals surface area contributed by atoms with Crippen molar-refractivity contribution in [3.63, 3.8) is 0 Å². The van der Waals surface area contributed by atoms with Crippen LogP contribution in [0.1, 0.15) is 10.5 Å². The SMILES string of the molecule is O=C1NC(NCC(F)(F)F)Cn2cnc(=O)cc21. The first-order chi connectivity index (χ1) is 8.35. The molecular formula is C9H9F3N4O2. The van der Waals surface area contributed by atoms with Crippen molar-refractivity contribution in [1.29, 1.82) is 0 Å². The quantitative estimate of drug-likeness (QED) is 0.751. The summed E-state index contributed by atoms with van der Waals surface area (Å²) in [6.45, 7) is -1.13. The first kappa shape index (κ1) is 12.6. The van der Waals surface area contributed by atoms with Crippen LogP contribution in [0.25, 0.3) is 0 Å². The summed E-state index contributed by atoms with van der Waals surface area (Å²) in [5.41, 5.74) is -0.488. The molecule has 18 heavy (non-hydrogen) atoms.